The van der Waals surface area contributed by atoms with Crippen molar-refractivity contribution in [2.24, 2.45) is 0 Å². The zero-order valence-corrected chi connectivity index (χ0v) is 9.53. The summed E-state index contributed by atoms with van der Waals surface area (Å²) >= 11 is 0. The molecule has 0 aromatic carbocycles. The van der Waals surface area contributed by atoms with Gasteiger partial charge < -0.3 is 4.43 Å². The van der Waals surface area contributed by atoms with Crippen LogP contribution >= 0.6 is 0 Å². The number of hydrogen-bond acceptors (Lipinski definition) is 1. The van der Waals surface area contributed by atoms with E-state index < -0.39 is 8.32 Å². The van der Waals surface area contributed by atoms with Gasteiger partial charge in [0.1, 0.15) is 0 Å². The largest absolute Gasteiger partial charge is 0.409 e. The normalized spacial score (nSPS) is 12.5. The molecular formula is C9H21OSi. The Morgan fingerprint density at radius 2 is 1.36 bits per heavy atom. The smallest absolute Gasteiger partial charge is 0.192 e. The molecule has 0 amide bonds. The summed E-state index contributed by atoms with van der Waals surface area (Å²) in [6.45, 7) is 10.9. The second-order valence-electron chi connectivity index (χ2n) is 3.25. The van der Waals surface area contributed by atoms with Gasteiger partial charge in [0, 0.05) is 0 Å². The maximum absolute atomic E-state index is 5.94. The standard InChI is InChI=1S/C9H21OSi/c1-6-11(7-2,8-3)10-9(4)5/h6-8H2,1-5H3. The first-order valence-electron chi connectivity index (χ1n) is 4.59. The van der Waals surface area contributed by atoms with E-state index in [1.807, 2.05) is 0 Å². The van der Waals surface area contributed by atoms with Gasteiger partial charge in [-0.3, -0.25) is 0 Å². The van der Waals surface area contributed by atoms with Crippen LogP contribution in [-0.2, 0) is 4.43 Å². The highest BCUT2D eigenvalue weighted by molar-refractivity contribution is 6.73. The Balaban J connectivity index is 4.05. The lowest BCUT2D eigenvalue weighted by atomic mass is 10.5. The molecule has 67 valence electrons. The summed E-state index contributed by atoms with van der Waals surface area (Å²) in [5, 5.41) is 0. The van der Waals surface area contributed by atoms with E-state index >= 15 is 0 Å². The summed E-state index contributed by atoms with van der Waals surface area (Å²) in [4.78, 5) is 0. The molecule has 0 spiro atoms. The van der Waals surface area contributed by atoms with Crippen molar-refractivity contribution in [3.05, 3.63) is 6.10 Å². The second kappa shape index (κ2) is 4.94. The Morgan fingerprint density at radius 1 is 1.00 bits per heavy atom. The predicted octanol–water partition coefficient (Wildman–Crippen LogP) is 3.58. The maximum Gasteiger partial charge on any atom is 0.192 e. The Morgan fingerprint density at radius 3 is 1.45 bits per heavy atom. The first-order chi connectivity index (χ1) is 5.10. The highest BCUT2D eigenvalue weighted by atomic mass is 28.4. The monoisotopic (exact) mass is 173 g/mol. The Hall–Kier alpha value is 0.177. The minimum atomic E-state index is -1.32. The molecule has 0 aromatic rings. The Bertz CT molecular complexity index is 89.5. The molecule has 0 aliphatic rings. The van der Waals surface area contributed by atoms with Crippen molar-refractivity contribution in [3.63, 3.8) is 0 Å². The van der Waals surface area contributed by atoms with Crippen molar-refractivity contribution in [1.82, 2.24) is 0 Å². The molecule has 0 atom stereocenters. The fourth-order valence-corrected chi connectivity index (χ4v) is 4.20. The van der Waals surface area contributed by atoms with Crippen molar-refractivity contribution < 1.29 is 4.43 Å². The molecule has 11 heavy (non-hydrogen) atoms. The minimum Gasteiger partial charge on any atom is -0.409 e. The third kappa shape index (κ3) is 3.39. The van der Waals surface area contributed by atoms with E-state index in [4.69, 9.17) is 4.43 Å². The predicted molar refractivity (Wildman–Crippen MR) is 52.9 cm³/mol. The highest BCUT2D eigenvalue weighted by Crippen LogP contribution is 2.24. The first-order valence-corrected chi connectivity index (χ1v) is 7.12. The lowest BCUT2D eigenvalue weighted by Crippen LogP contribution is -2.36. The van der Waals surface area contributed by atoms with Gasteiger partial charge in [-0.05, 0) is 32.0 Å². The Labute approximate surface area is 72.3 Å². The molecule has 0 saturated heterocycles. The van der Waals surface area contributed by atoms with E-state index in [0.717, 1.165) is 6.10 Å². The fraction of sp³-hybridized carbons (Fsp3) is 0.889. The maximum atomic E-state index is 5.94. The van der Waals surface area contributed by atoms with Gasteiger partial charge in [0.05, 0.1) is 6.10 Å². The minimum absolute atomic E-state index is 1.14. The van der Waals surface area contributed by atoms with Crippen LogP contribution in [0, 0.1) is 6.10 Å². The molecule has 0 rings (SSSR count). The van der Waals surface area contributed by atoms with Crippen molar-refractivity contribution >= 4 is 8.32 Å². The SMILES string of the molecule is CC[Si](CC)(CC)O[C](C)C. The van der Waals surface area contributed by atoms with Gasteiger partial charge in [0.2, 0.25) is 0 Å². The average molecular weight is 173 g/mol. The third-order valence-corrected chi connectivity index (χ3v) is 7.06. The van der Waals surface area contributed by atoms with Crippen LogP contribution in [-0.4, -0.2) is 8.32 Å². The van der Waals surface area contributed by atoms with E-state index in [-0.39, 0.29) is 0 Å². The van der Waals surface area contributed by atoms with Crippen molar-refractivity contribution in [2.75, 3.05) is 0 Å². The zero-order chi connectivity index (χ0) is 8.91. The molecule has 2 heteroatoms. The fourth-order valence-electron chi connectivity index (χ4n) is 1.40. The van der Waals surface area contributed by atoms with Crippen LogP contribution in [0.25, 0.3) is 0 Å². The molecule has 1 nitrogen and oxygen atoms in total. The quantitative estimate of drug-likeness (QED) is 0.577. The summed E-state index contributed by atoms with van der Waals surface area (Å²) < 4.78 is 5.94. The lowest BCUT2D eigenvalue weighted by molar-refractivity contribution is 0.327. The number of rotatable bonds is 5. The van der Waals surface area contributed by atoms with E-state index in [9.17, 15) is 0 Å². The second-order valence-corrected chi connectivity index (χ2v) is 7.95. The van der Waals surface area contributed by atoms with Crippen LogP contribution in [0.4, 0.5) is 0 Å². The van der Waals surface area contributed by atoms with E-state index in [0.29, 0.717) is 0 Å². The van der Waals surface area contributed by atoms with Gasteiger partial charge in [0.15, 0.2) is 8.32 Å². The Kier molecular flexibility index (Phi) is 5.02. The summed E-state index contributed by atoms with van der Waals surface area (Å²) in [5.74, 6) is 0. The van der Waals surface area contributed by atoms with E-state index in [1.54, 1.807) is 0 Å². The number of hydrogen-bond donors (Lipinski definition) is 0. The molecule has 0 aliphatic carbocycles. The summed E-state index contributed by atoms with van der Waals surface area (Å²) in [7, 11) is -1.32. The summed E-state index contributed by atoms with van der Waals surface area (Å²) in [6.07, 6.45) is 1.14. The van der Waals surface area contributed by atoms with Gasteiger partial charge in [0.25, 0.3) is 0 Å². The van der Waals surface area contributed by atoms with Gasteiger partial charge >= 0.3 is 0 Å². The first kappa shape index (κ1) is 11.2. The molecule has 1 radical (unpaired) electrons. The molecule has 0 fully saturated rings. The average Bonchev–Trinajstić information content (AvgIpc) is 2.00. The molecular weight excluding hydrogens is 152 g/mol. The van der Waals surface area contributed by atoms with Crippen molar-refractivity contribution in [2.45, 2.75) is 52.8 Å². The molecule has 0 unspecified atom stereocenters. The molecule has 0 aliphatic heterocycles. The van der Waals surface area contributed by atoms with Gasteiger partial charge in [-0.15, -0.1) is 0 Å². The highest BCUT2D eigenvalue weighted by Gasteiger charge is 2.29. The lowest BCUT2D eigenvalue weighted by Gasteiger charge is -2.29. The molecule has 0 aromatic heterocycles. The van der Waals surface area contributed by atoms with E-state index in [2.05, 4.69) is 34.6 Å². The van der Waals surface area contributed by atoms with Gasteiger partial charge in [-0.1, -0.05) is 20.8 Å². The van der Waals surface area contributed by atoms with Crippen LogP contribution in [0.15, 0.2) is 0 Å². The topological polar surface area (TPSA) is 9.23 Å². The zero-order valence-electron chi connectivity index (χ0n) is 8.53. The molecule has 0 heterocycles. The van der Waals surface area contributed by atoms with Gasteiger partial charge in [-0.2, -0.15) is 0 Å². The van der Waals surface area contributed by atoms with Crippen LogP contribution in [0.5, 0.6) is 0 Å². The molecule has 0 saturated carbocycles. The summed E-state index contributed by atoms with van der Waals surface area (Å²) in [5.41, 5.74) is 0. The van der Waals surface area contributed by atoms with E-state index in [1.165, 1.54) is 18.1 Å². The molecule has 0 N–H and O–H groups in total. The van der Waals surface area contributed by atoms with Crippen LogP contribution < -0.4 is 0 Å². The van der Waals surface area contributed by atoms with Crippen LogP contribution in [0.3, 0.4) is 0 Å². The third-order valence-electron chi connectivity index (χ3n) is 2.35. The van der Waals surface area contributed by atoms with Crippen molar-refractivity contribution in [1.29, 1.82) is 0 Å². The summed E-state index contributed by atoms with van der Waals surface area (Å²) in [6, 6.07) is 3.72. The molecule has 0 bridgehead atoms. The van der Waals surface area contributed by atoms with Crippen molar-refractivity contribution in [3.8, 4) is 0 Å². The van der Waals surface area contributed by atoms with Crippen LogP contribution in [0.1, 0.15) is 34.6 Å². The van der Waals surface area contributed by atoms with Gasteiger partial charge in [-0.25, -0.2) is 0 Å². The van der Waals surface area contributed by atoms with Crippen LogP contribution in [0.2, 0.25) is 18.1 Å².